The SMILES string of the molecule is Cc1ccccc1CC(=O)N1CC(Cc2nncn2CC2CC2)C1. The first-order valence-corrected chi connectivity index (χ1v) is 8.88. The Morgan fingerprint density at radius 2 is 2.00 bits per heavy atom. The van der Waals surface area contributed by atoms with Crippen LogP contribution >= 0.6 is 0 Å². The highest BCUT2D eigenvalue weighted by Gasteiger charge is 2.32. The van der Waals surface area contributed by atoms with Crippen LogP contribution in [0.2, 0.25) is 0 Å². The van der Waals surface area contributed by atoms with Gasteiger partial charge in [-0.05, 0) is 36.8 Å². The molecule has 1 aliphatic heterocycles. The van der Waals surface area contributed by atoms with Gasteiger partial charge in [-0.3, -0.25) is 4.79 Å². The van der Waals surface area contributed by atoms with Crippen LogP contribution in [-0.2, 0) is 24.2 Å². The topological polar surface area (TPSA) is 51.0 Å². The van der Waals surface area contributed by atoms with Crippen molar-refractivity contribution in [2.24, 2.45) is 11.8 Å². The summed E-state index contributed by atoms with van der Waals surface area (Å²) in [6.45, 7) is 4.82. The molecular weight excluding hydrogens is 300 g/mol. The molecule has 1 amide bonds. The van der Waals surface area contributed by atoms with E-state index in [-0.39, 0.29) is 5.91 Å². The summed E-state index contributed by atoms with van der Waals surface area (Å²) in [5, 5.41) is 8.34. The minimum atomic E-state index is 0.236. The fourth-order valence-electron chi connectivity index (χ4n) is 3.41. The number of aromatic nitrogens is 3. The van der Waals surface area contributed by atoms with E-state index >= 15 is 0 Å². The molecule has 2 aromatic rings. The molecule has 126 valence electrons. The molecule has 0 atom stereocenters. The fraction of sp³-hybridized carbons (Fsp3) is 0.526. The Morgan fingerprint density at radius 1 is 1.21 bits per heavy atom. The van der Waals surface area contributed by atoms with Crippen LogP contribution < -0.4 is 0 Å². The molecule has 0 bridgehead atoms. The van der Waals surface area contributed by atoms with Crippen LogP contribution in [0, 0.1) is 18.8 Å². The van der Waals surface area contributed by atoms with Crippen molar-refractivity contribution in [1.29, 1.82) is 0 Å². The molecule has 1 aromatic carbocycles. The Bertz CT molecular complexity index is 728. The van der Waals surface area contributed by atoms with Crippen LogP contribution in [0.25, 0.3) is 0 Å². The predicted octanol–water partition coefficient (Wildman–Crippen LogP) is 2.24. The number of carbonyl (C=O) groups is 1. The number of rotatable bonds is 6. The van der Waals surface area contributed by atoms with E-state index in [9.17, 15) is 4.79 Å². The number of aryl methyl sites for hydroxylation is 1. The molecule has 1 saturated heterocycles. The lowest BCUT2D eigenvalue weighted by molar-refractivity contribution is -0.136. The third-order valence-corrected chi connectivity index (χ3v) is 5.23. The second-order valence-electron chi connectivity index (χ2n) is 7.32. The molecule has 1 aliphatic carbocycles. The average Bonchev–Trinajstić information content (AvgIpc) is 3.23. The number of amides is 1. The zero-order valence-electron chi connectivity index (χ0n) is 14.2. The maximum Gasteiger partial charge on any atom is 0.227 e. The summed E-state index contributed by atoms with van der Waals surface area (Å²) in [4.78, 5) is 14.4. The first kappa shape index (κ1) is 15.4. The smallest absolute Gasteiger partial charge is 0.227 e. The van der Waals surface area contributed by atoms with Crippen molar-refractivity contribution >= 4 is 5.91 Å². The van der Waals surface area contributed by atoms with E-state index in [1.807, 2.05) is 29.4 Å². The van der Waals surface area contributed by atoms with Gasteiger partial charge < -0.3 is 9.47 Å². The van der Waals surface area contributed by atoms with Gasteiger partial charge in [-0.25, -0.2) is 0 Å². The quantitative estimate of drug-likeness (QED) is 0.819. The van der Waals surface area contributed by atoms with Crippen molar-refractivity contribution in [2.75, 3.05) is 13.1 Å². The van der Waals surface area contributed by atoms with Crippen LogP contribution in [0.1, 0.15) is 29.8 Å². The van der Waals surface area contributed by atoms with Gasteiger partial charge in [0.25, 0.3) is 0 Å². The third-order valence-electron chi connectivity index (χ3n) is 5.23. The molecule has 4 rings (SSSR count). The summed E-state index contributed by atoms with van der Waals surface area (Å²) < 4.78 is 2.20. The lowest BCUT2D eigenvalue weighted by atomic mass is 9.94. The van der Waals surface area contributed by atoms with Gasteiger partial charge in [0.2, 0.25) is 5.91 Å². The molecule has 2 fully saturated rings. The average molecular weight is 324 g/mol. The van der Waals surface area contributed by atoms with Gasteiger partial charge >= 0.3 is 0 Å². The number of carbonyl (C=O) groups excluding carboxylic acids is 1. The van der Waals surface area contributed by atoms with Gasteiger partial charge in [-0.2, -0.15) is 0 Å². The third kappa shape index (κ3) is 3.35. The summed E-state index contributed by atoms with van der Waals surface area (Å²) in [6.07, 6.45) is 5.97. The predicted molar refractivity (Wildman–Crippen MR) is 91.4 cm³/mol. The molecule has 0 spiro atoms. The minimum Gasteiger partial charge on any atom is -0.342 e. The van der Waals surface area contributed by atoms with Gasteiger partial charge in [0.15, 0.2) is 0 Å². The maximum atomic E-state index is 12.4. The van der Waals surface area contributed by atoms with Crippen LogP contribution in [0.15, 0.2) is 30.6 Å². The second kappa shape index (κ2) is 6.38. The second-order valence-corrected chi connectivity index (χ2v) is 7.32. The first-order valence-electron chi connectivity index (χ1n) is 8.88. The zero-order chi connectivity index (χ0) is 16.5. The summed E-state index contributed by atoms with van der Waals surface area (Å²) in [7, 11) is 0. The van der Waals surface area contributed by atoms with Gasteiger partial charge in [-0.15, -0.1) is 10.2 Å². The summed E-state index contributed by atoms with van der Waals surface area (Å²) >= 11 is 0. The van der Waals surface area contributed by atoms with E-state index in [0.717, 1.165) is 43.4 Å². The monoisotopic (exact) mass is 324 g/mol. The van der Waals surface area contributed by atoms with Crippen molar-refractivity contribution < 1.29 is 4.79 Å². The van der Waals surface area contributed by atoms with Gasteiger partial charge in [0.1, 0.15) is 12.2 Å². The van der Waals surface area contributed by atoms with Crippen LogP contribution in [0.4, 0.5) is 0 Å². The standard InChI is InChI=1S/C19H24N4O/c1-14-4-2-3-5-17(14)9-19(24)22-11-16(12-22)8-18-21-20-13-23(18)10-15-6-7-15/h2-5,13,15-16H,6-12H2,1H3. The van der Waals surface area contributed by atoms with Gasteiger partial charge in [-0.1, -0.05) is 24.3 Å². The number of hydrogen-bond donors (Lipinski definition) is 0. The molecule has 2 heterocycles. The molecule has 24 heavy (non-hydrogen) atoms. The highest BCUT2D eigenvalue weighted by Crippen LogP contribution is 2.31. The fourth-order valence-corrected chi connectivity index (χ4v) is 3.41. The summed E-state index contributed by atoms with van der Waals surface area (Å²) in [5.41, 5.74) is 2.33. The van der Waals surface area contributed by atoms with E-state index < -0.39 is 0 Å². The Morgan fingerprint density at radius 3 is 2.75 bits per heavy atom. The number of benzene rings is 1. The lowest BCUT2D eigenvalue weighted by Crippen LogP contribution is -2.51. The van der Waals surface area contributed by atoms with Crippen LogP contribution in [-0.4, -0.2) is 38.7 Å². The van der Waals surface area contributed by atoms with E-state index in [4.69, 9.17) is 0 Å². The van der Waals surface area contributed by atoms with E-state index in [1.54, 1.807) is 0 Å². The molecule has 1 saturated carbocycles. The summed E-state index contributed by atoms with van der Waals surface area (Å²) in [5.74, 6) is 2.67. The van der Waals surface area contributed by atoms with E-state index in [1.165, 1.54) is 18.4 Å². The largest absolute Gasteiger partial charge is 0.342 e. The number of hydrogen-bond acceptors (Lipinski definition) is 3. The Hall–Kier alpha value is -2.17. The molecule has 0 radical (unpaired) electrons. The molecule has 2 aliphatic rings. The zero-order valence-corrected chi connectivity index (χ0v) is 14.2. The molecule has 5 nitrogen and oxygen atoms in total. The normalized spacial score (nSPS) is 17.8. The minimum absolute atomic E-state index is 0.236. The highest BCUT2D eigenvalue weighted by molar-refractivity contribution is 5.79. The molecule has 0 unspecified atom stereocenters. The van der Waals surface area contributed by atoms with Crippen LogP contribution in [0.5, 0.6) is 0 Å². The Balaban J connectivity index is 1.28. The molecule has 5 heteroatoms. The first-order chi connectivity index (χ1) is 11.7. The maximum absolute atomic E-state index is 12.4. The molecule has 0 N–H and O–H groups in total. The number of nitrogens with zero attached hydrogens (tertiary/aromatic N) is 4. The van der Waals surface area contributed by atoms with Crippen molar-refractivity contribution in [3.05, 3.63) is 47.5 Å². The molecular formula is C19H24N4O. The van der Waals surface area contributed by atoms with Crippen LogP contribution in [0.3, 0.4) is 0 Å². The Labute approximate surface area is 142 Å². The Kier molecular flexibility index (Phi) is 4.08. The van der Waals surface area contributed by atoms with Crippen molar-refractivity contribution in [2.45, 2.75) is 39.2 Å². The van der Waals surface area contributed by atoms with Crippen molar-refractivity contribution in [3.63, 3.8) is 0 Å². The van der Waals surface area contributed by atoms with E-state index in [2.05, 4.69) is 27.8 Å². The van der Waals surface area contributed by atoms with Crippen molar-refractivity contribution in [1.82, 2.24) is 19.7 Å². The molecule has 1 aromatic heterocycles. The highest BCUT2D eigenvalue weighted by atomic mass is 16.2. The van der Waals surface area contributed by atoms with E-state index in [0.29, 0.717) is 12.3 Å². The van der Waals surface area contributed by atoms with Gasteiger partial charge in [0, 0.05) is 32.0 Å². The van der Waals surface area contributed by atoms with Gasteiger partial charge in [0.05, 0.1) is 6.42 Å². The lowest BCUT2D eigenvalue weighted by Gasteiger charge is -2.39. The van der Waals surface area contributed by atoms with Crippen molar-refractivity contribution in [3.8, 4) is 0 Å². The summed E-state index contributed by atoms with van der Waals surface area (Å²) in [6, 6.07) is 8.13. The number of likely N-dealkylation sites (tertiary alicyclic amines) is 1.